The lowest BCUT2D eigenvalue weighted by Gasteiger charge is -2.25. The van der Waals surface area contributed by atoms with Crippen LogP contribution >= 0.6 is 31.9 Å². The van der Waals surface area contributed by atoms with E-state index in [1.165, 1.54) is 38.5 Å². The first-order valence-electron chi connectivity index (χ1n) is 11.5. The van der Waals surface area contributed by atoms with Crippen molar-refractivity contribution in [3.8, 4) is 5.75 Å². The standard InChI is InChI=1S/C24H29Br2N3O3/c1-14-17(12-18-19(25)13-20(26)22(30)21(18)27-14)23(31)32-24(28-15-8-4-2-5-9-15)29-16-10-6-3-7-11-16/h12-13,15-16,30H,2-11H2,1H3,(H,28,29). The van der Waals surface area contributed by atoms with Gasteiger partial charge in [0.15, 0.2) is 5.75 Å². The molecule has 8 heteroatoms. The van der Waals surface area contributed by atoms with E-state index in [-0.39, 0.29) is 17.8 Å². The van der Waals surface area contributed by atoms with Crippen LogP contribution in [0.25, 0.3) is 10.9 Å². The molecule has 0 bridgehead atoms. The van der Waals surface area contributed by atoms with E-state index in [9.17, 15) is 9.90 Å². The molecule has 1 aromatic heterocycles. The van der Waals surface area contributed by atoms with Gasteiger partial charge in [0.1, 0.15) is 5.52 Å². The number of carbonyl (C=O) groups excluding carboxylic acids is 1. The number of benzene rings is 1. The predicted molar refractivity (Wildman–Crippen MR) is 133 cm³/mol. The number of halogens is 2. The van der Waals surface area contributed by atoms with E-state index in [1.54, 1.807) is 19.1 Å². The lowest BCUT2D eigenvalue weighted by Crippen LogP contribution is -2.39. The van der Waals surface area contributed by atoms with Crippen LogP contribution in [0.3, 0.4) is 0 Å². The van der Waals surface area contributed by atoms with E-state index in [1.807, 2.05) is 0 Å². The monoisotopic (exact) mass is 565 g/mol. The van der Waals surface area contributed by atoms with Crippen molar-refractivity contribution in [1.82, 2.24) is 10.3 Å². The van der Waals surface area contributed by atoms with Crippen LogP contribution in [0.5, 0.6) is 5.75 Å². The summed E-state index contributed by atoms with van der Waals surface area (Å²) in [4.78, 5) is 22.5. The molecule has 1 heterocycles. The summed E-state index contributed by atoms with van der Waals surface area (Å²) in [5.41, 5.74) is 1.29. The van der Waals surface area contributed by atoms with Crippen LogP contribution in [0.1, 0.15) is 80.3 Å². The maximum absolute atomic E-state index is 13.2. The average molecular weight is 567 g/mol. The summed E-state index contributed by atoms with van der Waals surface area (Å²) in [7, 11) is 0. The second-order valence-corrected chi connectivity index (χ2v) is 10.5. The number of aromatic nitrogens is 1. The molecule has 2 aliphatic carbocycles. The van der Waals surface area contributed by atoms with Crippen LogP contribution in [0.4, 0.5) is 0 Å². The zero-order valence-corrected chi connectivity index (χ0v) is 21.5. The van der Waals surface area contributed by atoms with Crippen molar-refractivity contribution < 1.29 is 14.6 Å². The highest BCUT2D eigenvalue weighted by molar-refractivity contribution is 9.11. The third-order valence-electron chi connectivity index (χ3n) is 6.39. The van der Waals surface area contributed by atoms with Gasteiger partial charge in [-0.05, 0) is 60.7 Å². The van der Waals surface area contributed by atoms with Gasteiger partial charge < -0.3 is 15.2 Å². The Hall–Kier alpha value is -1.67. The molecule has 2 fully saturated rings. The first-order valence-corrected chi connectivity index (χ1v) is 13.1. The Labute approximate surface area is 205 Å². The van der Waals surface area contributed by atoms with Crippen molar-refractivity contribution >= 4 is 54.8 Å². The van der Waals surface area contributed by atoms with Crippen LogP contribution in [0, 0.1) is 6.92 Å². The molecule has 2 aromatic rings. The number of pyridine rings is 1. The number of phenolic OH excluding ortho intramolecular Hbond substituents is 1. The van der Waals surface area contributed by atoms with Crippen molar-refractivity contribution in [1.29, 1.82) is 0 Å². The molecule has 2 N–H and O–H groups in total. The molecule has 2 saturated carbocycles. The van der Waals surface area contributed by atoms with Crippen molar-refractivity contribution in [2.45, 2.75) is 83.2 Å². The summed E-state index contributed by atoms with van der Waals surface area (Å²) < 4.78 is 7.11. The Kier molecular flexibility index (Phi) is 7.71. The Morgan fingerprint density at radius 2 is 1.72 bits per heavy atom. The zero-order valence-electron chi connectivity index (χ0n) is 18.3. The summed E-state index contributed by atoms with van der Waals surface area (Å²) in [5, 5.41) is 14.4. The second kappa shape index (κ2) is 10.5. The number of phenols is 1. The largest absolute Gasteiger partial charge is 0.505 e. The number of aliphatic imine (C=N–C) groups is 1. The van der Waals surface area contributed by atoms with E-state index >= 15 is 0 Å². The first-order chi connectivity index (χ1) is 15.4. The number of amidine groups is 1. The zero-order chi connectivity index (χ0) is 22.7. The van der Waals surface area contributed by atoms with Gasteiger partial charge in [0, 0.05) is 15.9 Å². The van der Waals surface area contributed by atoms with Gasteiger partial charge in [-0.3, -0.25) is 0 Å². The van der Waals surface area contributed by atoms with E-state index in [2.05, 4.69) is 42.2 Å². The summed E-state index contributed by atoms with van der Waals surface area (Å²) in [6.07, 6.45) is 11.4. The second-order valence-electron chi connectivity index (χ2n) is 8.80. The quantitative estimate of drug-likeness (QED) is 0.250. The molecular weight excluding hydrogens is 538 g/mol. The Morgan fingerprint density at radius 1 is 1.06 bits per heavy atom. The number of esters is 1. The highest BCUT2D eigenvalue weighted by Crippen LogP contribution is 2.37. The lowest BCUT2D eigenvalue weighted by molar-refractivity contribution is 0.0702. The maximum Gasteiger partial charge on any atom is 0.347 e. The molecule has 0 radical (unpaired) electrons. The predicted octanol–water partition coefficient (Wildman–Crippen LogP) is 6.54. The first kappa shape index (κ1) is 23.5. The lowest BCUT2D eigenvalue weighted by atomic mass is 9.95. The number of hydrogen-bond donors (Lipinski definition) is 2. The number of hydrogen-bond acceptors (Lipinski definition) is 5. The normalized spacial score (nSPS) is 18.7. The number of rotatable bonds is 3. The van der Waals surface area contributed by atoms with Crippen LogP contribution in [0.15, 0.2) is 26.1 Å². The van der Waals surface area contributed by atoms with Crippen LogP contribution in [-0.4, -0.2) is 34.2 Å². The van der Waals surface area contributed by atoms with Gasteiger partial charge >= 0.3 is 5.97 Å². The van der Waals surface area contributed by atoms with Crippen LogP contribution < -0.4 is 5.32 Å². The van der Waals surface area contributed by atoms with Gasteiger partial charge in [-0.15, -0.1) is 0 Å². The molecule has 0 atom stereocenters. The molecule has 0 unspecified atom stereocenters. The minimum atomic E-state index is -0.482. The van der Waals surface area contributed by atoms with E-state index in [0.29, 0.717) is 32.7 Å². The Balaban J connectivity index is 1.61. The third kappa shape index (κ3) is 5.45. The SMILES string of the molecule is Cc1nc2c(O)c(Br)cc(Br)c2cc1C(=O)OC(=NC1CCCCC1)NC1CCCCC1. The third-order valence-corrected chi connectivity index (χ3v) is 7.65. The van der Waals surface area contributed by atoms with Crippen LogP contribution in [0.2, 0.25) is 0 Å². The minimum absolute atomic E-state index is 0.0460. The van der Waals surface area contributed by atoms with E-state index in [4.69, 9.17) is 9.73 Å². The van der Waals surface area contributed by atoms with Gasteiger partial charge in [0.05, 0.1) is 21.8 Å². The minimum Gasteiger partial charge on any atom is -0.505 e. The molecule has 32 heavy (non-hydrogen) atoms. The Bertz CT molecular complexity index is 1030. The summed E-state index contributed by atoms with van der Waals surface area (Å²) in [6.45, 7) is 1.75. The molecular formula is C24H29Br2N3O3. The van der Waals surface area contributed by atoms with Crippen LogP contribution in [-0.2, 0) is 4.74 Å². The van der Waals surface area contributed by atoms with Gasteiger partial charge in [0.2, 0.25) is 0 Å². The number of aryl methyl sites for hydroxylation is 1. The highest BCUT2D eigenvalue weighted by atomic mass is 79.9. The molecule has 0 amide bonds. The topological polar surface area (TPSA) is 83.8 Å². The molecule has 4 rings (SSSR count). The van der Waals surface area contributed by atoms with Crippen molar-refractivity contribution in [2.24, 2.45) is 4.99 Å². The Morgan fingerprint density at radius 3 is 2.41 bits per heavy atom. The van der Waals surface area contributed by atoms with Gasteiger partial charge in [-0.25, -0.2) is 14.8 Å². The smallest absolute Gasteiger partial charge is 0.347 e. The number of nitrogens with one attached hydrogen (secondary N) is 1. The van der Waals surface area contributed by atoms with Gasteiger partial charge in [0.25, 0.3) is 6.02 Å². The molecule has 6 nitrogen and oxygen atoms in total. The number of ether oxygens (including phenoxy) is 1. The molecule has 0 spiro atoms. The highest BCUT2D eigenvalue weighted by Gasteiger charge is 2.23. The van der Waals surface area contributed by atoms with Crippen molar-refractivity contribution in [3.05, 3.63) is 32.3 Å². The summed E-state index contributed by atoms with van der Waals surface area (Å²) in [5.74, 6) is -0.436. The van der Waals surface area contributed by atoms with Crippen molar-refractivity contribution in [2.75, 3.05) is 0 Å². The van der Waals surface area contributed by atoms with Gasteiger partial charge in [-0.2, -0.15) is 0 Å². The molecule has 2 aliphatic rings. The number of carbonyl (C=O) groups is 1. The number of aromatic hydroxyl groups is 1. The fraction of sp³-hybridized carbons (Fsp3) is 0.542. The average Bonchev–Trinajstić information content (AvgIpc) is 2.78. The van der Waals surface area contributed by atoms with E-state index < -0.39 is 5.97 Å². The number of fused-ring (bicyclic) bond motifs is 1. The molecule has 0 aliphatic heterocycles. The molecule has 172 valence electrons. The summed E-state index contributed by atoms with van der Waals surface area (Å²) in [6, 6.07) is 4.28. The molecule has 0 saturated heterocycles. The fourth-order valence-electron chi connectivity index (χ4n) is 4.58. The maximum atomic E-state index is 13.2. The fourth-order valence-corrected chi connectivity index (χ4v) is 5.83. The van der Waals surface area contributed by atoms with E-state index in [0.717, 1.165) is 30.2 Å². The number of nitrogens with zero attached hydrogens (tertiary/aromatic N) is 2. The van der Waals surface area contributed by atoms with Gasteiger partial charge in [-0.1, -0.05) is 54.5 Å². The summed E-state index contributed by atoms with van der Waals surface area (Å²) >= 11 is 6.83. The van der Waals surface area contributed by atoms with Crippen molar-refractivity contribution in [3.63, 3.8) is 0 Å². The molecule has 1 aromatic carbocycles.